The first kappa shape index (κ1) is 23.8. The lowest BCUT2D eigenvalue weighted by atomic mass is 10.1. The number of methoxy groups -OCH3 is 3. The minimum atomic E-state index is -0.311. The van der Waals surface area contributed by atoms with Crippen LogP contribution in [0.1, 0.15) is 21.5 Å². The van der Waals surface area contributed by atoms with Crippen molar-refractivity contribution in [2.24, 2.45) is 0 Å². The molecular formula is C25H27N5O5. The van der Waals surface area contributed by atoms with Gasteiger partial charge in [-0.15, -0.1) is 0 Å². The van der Waals surface area contributed by atoms with E-state index in [1.54, 1.807) is 21.4 Å². The molecule has 0 radical (unpaired) electrons. The summed E-state index contributed by atoms with van der Waals surface area (Å²) in [4.78, 5) is 30.1. The van der Waals surface area contributed by atoms with Crippen molar-refractivity contribution in [3.63, 3.8) is 0 Å². The van der Waals surface area contributed by atoms with E-state index in [1.165, 1.54) is 33.9 Å². The number of rotatable bonds is 9. The van der Waals surface area contributed by atoms with Gasteiger partial charge in [-0.05, 0) is 24.6 Å². The minimum Gasteiger partial charge on any atom is -0.493 e. The van der Waals surface area contributed by atoms with E-state index in [4.69, 9.17) is 14.2 Å². The summed E-state index contributed by atoms with van der Waals surface area (Å²) in [5, 5.41) is 7.56. The highest BCUT2D eigenvalue weighted by Crippen LogP contribution is 2.38. The summed E-state index contributed by atoms with van der Waals surface area (Å²) in [7, 11) is 4.48. The molecule has 4 rings (SSSR count). The first-order valence-corrected chi connectivity index (χ1v) is 11.0. The average Bonchev–Trinajstić information content (AvgIpc) is 3.29. The molecule has 0 spiro atoms. The number of hydrogen-bond donors (Lipinski definition) is 1. The zero-order valence-electron chi connectivity index (χ0n) is 20.1. The molecule has 0 aliphatic carbocycles. The van der Waals surface area contributed by atoms with Crippen LogP contribution in [-0.2, 0) is 13.1 Å². The molecule has 0 aliphatic heterocycles. The monoisotopic (exact) mass is 477 g/mol. The van der Waals surface area contributed by atoms with E-state index in [9.17, 15) is 9.59 Å². The van der Waals surface area contributed by atoms with Gasteiger partial charge in [0.15, 0.2) is 17.1 Å². The maximum atomic E-state index is 12.9. The van der Waals surface area contributed by atoms with Gasteiger partial charge in [-0.2, -0.15) is 5.10 Å². The van der Waals surface area contributed by atoms with Crippen molar-refractivity contribution < 1.29 is 19.0 Å². The van der Waals surface area contributed by atoms with E-state index in [-0.39, 0.29) is 18.0 Å². The van der Waals surface area contributed by atoms with Gasteiger partial charge in [-0.1, -0.05) is 29.8 Å². The third-order valence-corrected chi connectivity index (χ3v) is 5.63. The number of hydrogen-bond acceptors (Lipinski definition) is 7. The summed E-state index contributed by atoms with van der Waals surface area (Å²) in [6, 6.07) is 11.2. The lowest BCUT2D eigenvalue weighted by Gasteiger charge is -2.14. The number of carbonyl (C=O) groups excluding carboxylic acids is 1. The van der Waals surface area contributed by atoms with Crippen molar-refractivity contribution >= 4 is 16.9 Å². The lowest BCUT2D eigenvalue weighted by molar-refractivity contribution is 0.0951. The zero-order chi connectivity index (χ0) is 24.9. The first-order valence-electron chi connectivity index (χ1n) is 11.0. The lowest BCUT2D eigenvalue weighted by Crippen LogP contribution is -2.28. The van der Waals surface area contributed by atoms with Gasteiger partial charge in [-0.25, -0.2) is 9.67 Å². The molecule has 0 bridgehead atoms. The van der Waals surface area contributed by atoms with Gasteiger partial charge < -0.3 is 19.5 Å². The van der Waals surface area contributed by atoms with Crippen LogP contribution in [-0.4, -0.2) is 53.1 Å². The number of fused-ring (bicyclic) bond motifs is 1. The second-order valence-electron chi connectivity index (χ2n) is 7.94. The predicted octanol–water partition coefficient (Wildman–Crippen LogP) is 2.41. The van der Waals surface area contributed by atoms with Crippen LogP contribution >= 0.6 is 0 Å². The van der Waals surface area contributed by atoms with Gasteiger partial charge in [0.25, 0.3) is 11.5 Å². The van der Waals surface area contributed by atoms with Crippen molar-refractivity contribution in [3.05, 3.63) is 76.0 Å². The van der Waals surface area contributed by atoms with Gasteiger partial charge in [0.05, 0.1) is 40.6 Å². The average molecular weight is 478 g/mol. The summed E-state index contributed by atoms with van der Waals surface area (Å²) < 4.78 is 19.1. The molecule has 2 aromatic carbocycles. The molecule has 2 heterocycles. The topological polar surface area (TPSA) is 110 Å². The van der Waals surface area contributed by atoms with E-state index < -0.39 is 0 Å². The van der Waals surface area contributed by atoms with Gasteiger partial charge in [0, 0.05) is 12.1 Å². The fraction of sp³-hybridized carbons (Fsp3) is 0.280. The van der Waals surface area contributed by atoms with Gasteiger partial charge in [0.1, 0.15) is 11.7 Å². The Morgan fingerprint density at radius 1 is 1.03 bits per heavy atom. The number of nitrogens with one attached hydrogen (secondary N) is 1. The summed E-state index contributed by atoms with van der Waals surface area (Å²) in [6.07, 6.45) is 3.04. The Morgan fingerprint density at radius 3 is 2.34 bits per heavy atom. The summed E-state index contributed by atoms with van der Waals surface area (Å²) in [5.41, 5.74) is 2.84. The van der Waals surface area contributed by atoms with Crippen LogP contribution in [0.25, 0.3) is 11.0 Å². The Bertz CT molecular complexity index is 1380. The van der Waals surface area contributed by atoms with Crippen molar-refractivity contribution in [1.82, 2.24) is 24.6 Å². The molecular weight excluding hydrogens is 450 g/mol. The number of ether oxygens (including phenoxy) is 3. The van der Waals surface area contributed by atoms with Crippen LogP contribution in [0.2, 0.25) is 0 Å². The third-order valence-electron chi connectivity index (χ3n) is 5.63. The number of aryl methyl sites for hydroxylation is 1. The van der Waals surface area contributed by atoms with E-state index >= 15 is 0 Å². The SMILES string of the molecule is COc1cc(C(=O)NCCn2ncc3c(=O)n(Cc4ccc(C)cc4)cnc32)cc(OC)c1OC. The van der Waals surface area contributed by atoms with Gasteiger partial charge in [-0.3, -0.25) is 14.2 Å². The van der Waals surface area contributed by atoms with E-state index in [2.05, 4.69) is 15.4 Å². The fourth-order valence-corrected chi connectivity index (χ4v) is 3.75. The van der Waals surface area contributed by atoms with Crippen molar-refractivity contribution in [3.8, 4) is 17.2 Å². The summed E-state index contributed by atoms with van der Waals surface area (Å²) >= 11 is 0. The zero-order valence-corrected chi connectivity index (χ0v) is 20.1. The van der Waals surface area contributed by atoms with Crippen LogP contribution < -0.4 is 25.1 Å². The largest absolute Gasteiger partial charge is 0.493 e. The van der Waals surface area contributed by atoms with Gasteiger partial charge in [0.2, 0.25) is 5.75 Å². The van der Waals surface area contributed by atoms with Crippen LogP contribution in [0, 0.1) is 6.92 Å². The normalized spacial score (nSPS) is 10.9. The van der Waals surface area contributed by atoms with E-state index in [0.717, 1.165) is 11.1 Å². The number of aromatic nitrogens is 4. The molecule has 1 N–H and O–H groups in total. The molecule has 0 saturated carbocycles. The number of amides is 1. The Kier molecular flexibility index (Phi) is 7.00. The Hall–Kier alpha value is -4.34. The second kappa shape index (κ2) is 10.3. The molecule has 1 amide bonds. The Labute approximate surface area is 202 Å². The summed E-state index contributed by atoms with van der Waals surface area (Å²) in [6.45, 7) is 3.07. The molecule has 182 valence electrons. The summed E-state index contributed by atoms with van der Waals surface area (Å²) in [5.74, 6) is 0.880. The molecule has 2 aromatic heterocycles. The van der Waals surface area contributed by atoms with E-state index in [0.29, 0.717) is 46.9 Å². The number of nitrogens with zero attached hydrogens (tertiary/aromatic N) is 4. The van der Waals surface area contributed by atoms with E-state index in [1.807, 2.05) is 31.2 Å². The number of carbonyl (C=O) groups is 1. The standard InChI is InChI=1S/C25H27N5O5/c1-16-5-7-17(8-6-16)14-29-15-27-23-19(25(29)32)13-28-30(23)10-9-26-24(31)18-11-20(33-2)22(35-4)21(12-18)34-3/h5-8,11-13,15H,9-10,14H2,1-4H3,(H,26,31). The third kappa shape index (κ3) is 4.96. The van der Waals surface area contributed by atoms with Crippen molar-refractivity contribution in [1.29, 1.82) is 0 Å². The number of benzene rings is 2. The molecule has 0 saturated heterocycles. The molecule has 35 heavy (non-hydrogen) atoms. The molecule has 0 atom stereocenters. The smallest absolute Gasteiger partial charge is 0.264 e. The van der Waals surface area contributed by atoms with Crippen LogP contribution in [0.15, 0.2) is 53.7 Å². The Morgan fingerprint density at radius 2 is 1.71 bits per heavy atom. The van der Waals surface area contributed by atoms with Crippen LogP contribution in [0.4, 0.5) is 0 Å². The fourth-order valence-electron chi connectivity index (χ4n) is 3.75. The minimum absolute atomic E-state index is 0.164. The molecule has 0 unspecified atom stereocenters. The Balaban J connectivity index is 1.45. The quantitative estimate of drug-likeness (QED) is 0.394. The molecule has 0 fully saturated rings. The first-order chi connectivity index (χ1) is 16.9. The van der Waals surface area contributed by atoms with Gasteiger partial charge >= 0.3 is 0 Å². The van der Waals surface area contributed by atoms with Crippen molar-refractivity contribution in [2.45, 2.75) is 20.0 Å². The highest BCUT2D eigenvalue weighted by atomic mass is 16.5. The van der Waals surface area contributed by atoms with Crippen LogP contribution in [0.3, 0.4) is 0 Å². The molecule has 10 nitrogen and oxygen atoms in total. The predicted molar refractivity (Wildman–Crippen MR) is 131 cm³/mol. The van der Waals surface area contributed by atoms with Crippen molar-refractivity contribution in [2.75, 3.05) is 27.9 Å². The highest BCUT2D eigenvalue weighted by Gasteiger charge is 2.17. The molecule has 10 heteroatoms. The van der Waals surface area contributed by atoms with Crippen LogP contribution in [0.5, 0.6) is 17.2 Å². The molecule has 0 aliphatic rings. The second-order valence-corrected chi connectivity index (χ2v) is 7.94. The maximum absolute atomic E-state index is 12.9. The molecule has 4 aromatic rings. The highest BCUT2D eigenvalue weighted by molar-refractivity contribution is 5.95. The maximum Gasteiger partial charge on any atom is 0.264 e.